The minimum absolute atomic E-state index is 0.0757. The molecule has 1 aromatic carbocycles. The Bertz CT molecular complexity index is 1060. The molecule has 1 aromatic heterocycles. The monoisotopic (exact) mass is 476 g/mol. The quantitative estimate of drug-likeness (QED) is 0.371. The standard InChI is InChI=1S/C23H26F2N4O5/c1-14-8-16(12-26-11-14)27-28-20(5-4-17-13-29(6-7-34-17)23(31)33-3)21-18(24)9-15(10-19(21)25)22(30)32-2/h8-12,17,27H,4-7,13H2,1-3H3/b28-20+/t17-/m0/s1. The number of hydrogen-bond donors (Lipinski definition) is 1. The van der Waals surface area contributed by atoms with Gasteiger partial charge >= 0.3 is 12.1 Å². The highest BCUT2D eigenvalue weighted by Crippen LogP contribution is 2.22. The van der Waals surface area contributed by atoms with E-state index in [0.29, 0.717) is 25.3 Å². The van der Waals surface area contributed by atoms with Crippen LogP contribution in [0.15, 0.2) is 35.7 Å². The molecule has 0 bridgehead atoms. The number of aromatic nitrogens is 1. The third-order valence-corrected chi connectivity index (χ3v) is 5.22. The molecular weight excluding hydrogens is 450 g/mol. The van der Waals surface area contributed by atoms with Crippen LogP contribution in [0.3, 0.4) is 0 Å². The van der Waals surface area contributed by atoms with E-state index >= 15 is 0 Å². The lowest BCUT2D eigenvalue weighted by Gasteiger charge is -2.32. The molecule has 0 spiro atoms. The second kappa shape index (κ2) is 11.5. The number of pyridine rings is 1. The van der Waals surface area contributed by atoms with E-state index in [1.807, 2.05) is 6.92 Å². The number of amides is 1. The predicted octanol–water partition coefficient (Wildman–Crippen LogP) is 3.52. The van der Waals surface area contributed by atoms with Gasteiger partial charge in [0.1, 0.15) is 11.6 Å². The van der Waals surface area contributed by atoms with Crippen LogP contribution in [0, 0.1) is 18.6 Å². The van der Waals surface area contributed by atoms with E-state index in [-0.39, 0.29) is 35.9 Å². The van der Waals surface area contributed by atoms with Crippen LogP contribution < -0.4 is 5.43 Å². The molecule has 1 saturated heterocycles. The molecule has 1 atom stereocenters. The summed E-state index contributed by atoms with van der Waals surface area (Å²) in [6.07, 6.45) is 2.80. The van der Waals surface area contributed by atoms with Gasteiger partial charge in [-0.2, -0.15) is 5.10 Å². The molecule has 0 radical (unpaired) electrons. The molecule has 0 unspecified atom stereocenters. The molecule has 1 fully saturated rings. The van der Waals surface area contributed by atoms with Gasteiger partial charge in [0.05, 0.1) is 62.2 Å². The Hall–Kier alpha value is -3.60. The summed E-state index contributed by atoms with van der Waals surface area (Å²) < 4.78 is 44.9. The van der Waals surface area contributed by atoms with Gasteiger partial charge < -0.3 is 19.1 Å². The van der Waals surface area contributed by atoms with Crippen LogP contribution in [0.5, 0.6) is 0 Å². The zero-order chi connectivity index (χ0) is 24.7. The van der Waals surface area contributed by atoms with E-state index in [1.54, 1.807) is 12.3 Å². The van der Waals surface area contributed by atoms with Crippen molar-refractivity contribution in [3.8, 4) is 0 Å². The number of nitrogens with one attached hydrogen (secondary N) is 1. The Morgan fingerprint density at radius 2 is 1.94 bits per heavy atom. The maximum Gasteiger partial charge on any atom is 0.409 e. The van der Waals surface area contributed by atoms with Crippen molar-refractivity contribution in [1.29, 1.82) is 0 Å². The van der Waals surface area contributed by atoms with Gasteiger partial charge in [0.2, 0.25) is 0 Å². The predicted molar refractivity (Wildman–Crippen MR) is 120 cm³/mol. The van der Waals surface area contributed by atoms with Crippen molar-refractivity contribution >= 4 is 23.5 Å². The highest BCUT2D eigenvalue weighted by molar-refractivity contribution is 6.02. The molecule has 0 aliphatic carbocycles. The van der Waals surface area contributed by atoms with Crippen LogP contribution in [-0.4, -0.2) is 67.7 Å². The number of halogens is 2. The van der Waals surface area contributed by atoms with E-state index < -0.39 is 23.7 Å². The van der Waals surface area contributed by atoms with Crippen molar-refractivity contribution in [1.82, 2.24) is 9.88 Å². The summed E-state index contributed by atoms with van der Waals surface area (Å²) in [7, 11) is 2.42. The molecule has 0 saturated carbocycles. The summed E-state index contributed by atoms with van der Waals surface area (Å²) in [5, 5.41) is 4.25. The number of ether oxygens (including phenoxy) is 3. The summed E-state index contributed by atoms with van der Waals surface area (Å²) in [5.41, 5.74) is 3.65. The number of morpholine rings is 1. The van der Waals surface area contributed by atoms with Crippen molar-refractivity contribution in [2.24, 2.45) is 5.10 Å². The lowest BCUT2D eigenvalue weighted by atomic mass is 10.00. The molecule has 9 nitrogen and oxygen atoms in total. The first-order valence-corrected chi connectivity index (χ1v) is 10.6. The molecule has 34 heavy (non-hydrogen) atoms. The first kappa shape index (κ1) is 25.0. The zero-order valence-corrected chi connectivity index (χ0v) is 19.1. The van der Waals surface area contributed by atoms with Gasteiger partial charge in [-0.3, -0.25) is 10.4 Å². The van der Waals surface area contributed by atoms with Crippen molar-refractivity contribution in [2.75, 3.05) is 39.3 Å². The van der Waals surface area contributed by atoms with Crippen LogP contribution in [0.2, 0.25) is 0 Å². The molecule has 1 amide bonds. The lowest BCUT2D eigenvalue weighted by Crippen LogP contribution is -2.45. The summed E-state index contributed by atoms with van der Waals surface area (Å²) in [6.45, 7) is 2.84. The van der Waals surface area contributed by atoms with Crippen LogP contribution >= 0.6 is 0 Å². The highest BCUT2D eigenvalue weighted by atomic mass is 19.1. The third-order valence-electron chi connectivity index (χ3n) is 5.22. The van der Waals surface area contributed by atoms with E-state index in [9.17, 15) is 18.4 Å². The average molecular weight is 476 g/mol. The van der Waals surface area contributed by atoms with E-state index in [0.717, 1.165) is 24.8 Å². The summed E-state index contributed by atoms with van der Waals surface area (Å²) in [6, 6.07) is 3.59. The SMILES string of the molecule is COC(=O)c1cc(F)c(/C(CC[C@H]2CN(C(=O)OC)CCO2)=N/Nc2cncc(C)c2)c(F)c1. The smallest absolute Gasteiger partial charge is 0.409 e. The Morgan fingerprint density at radius 3 is 2.59 bits per heavy atom. The van der Waals surface area contributed by atoms with Gasteiger partial charge in [-0.1, -0.05) is 0 Å². The van der Waals surface area contributed by atoms with E-state index in [4.69, 9.17) is 9.47 Å². The molecule has 11 heteroatoms. The van der Waals surface area contributed by atoms with Crippen molar-refractivity contribution in [3.05, 3.63) is 58.9 Å². The number of rotatable bonds is 7. The summed E-state index contributed by atoms with van der Waals surface area (Å²) >= 11 is 0. The van der Waals surface area contributed by atoms with Crippen molar-refractivity contribution in [3.63, 3.8) is 0 Å². The second-order valence-corrected chi connectivity index (χ2v) is 7.68. The molecule has 3 rings (SSSR count). The molecule has 2 aromatic rings. The molecule has 1 aliphatic rings. The maximum atomic E-state index is 15.0. The minimum atomic E-state index is -0.955. The van der Waals surface area contributed by atoms with Gasteiger partial charge in [-0.15, -0.1) is 0 Å². The van der Waals surface area contributed by atoms with Gasteiger partial charge in [0, 0.05) is 12.7 Å². The summed E-state index contributed by atoms with van der Waals surface area (Å²) in [5.74, 6) is -2.77. The minimum Gasteiger partial charge on any atom is -0.465 e. The maximum absolute atomic E-state index is 15.0. The third kappa shape index (κ3) is 6.25. The Kier molecular flexibility index (Phi) is 8.47. The van der Waals surface area contributed by atoms with E-state index in [2.05, 4.69) is 20.2 Å². The number of benzene rings is 1. The average Bonchev–Trinajstić information content (AvgIpc) is 2.83. The molecule has 1 aliphatic heterocycles. The molecule has 2 heterocycles. The number of carbonyl (C=O) groups is 2. The van der Waals surface area contributed by atoms with Gasteiger partial charge in [-0.25, -0.2) is 18.4 Å². The van der Waals surface area contributed by atoms with E-state index in [1.165, 1.54) is 18.2 Å². The largest absolute Gasteiger partial charge is 0.465 e. The van der Waals surface area contributed by atoms with Crippen LogP contribution in [-0.2, 0) is 14.2 Å². The number of aryl methyl sites for hydroxylation is 1. The fraction of sp³-hybridized carbons (Fsp3) is 0.391. The highest BCUT2D eigenvalue weighted by Gasteiger charge is 2.26. The second-order valence-electron chi connectivity index (χ2n) is 7.68. The zero-order valence-electron chi connectivity index (χ0n) is 19.1. The first-order valence-electron chi connectivity index (χ1n) is 10.6. The normalized spacial score (nSPS) is 16.2. The van der Waals surface area contributed by atoms with Gasteiger partial charge in [-0.05, 0) is 43.5 Å². The number of hydrazone groups is 1. The Balaban J connectivity index is 1.86. The topological polar surface area (TPSA) is 102 Å². The number of anilines is 1. The summed E-state index contributed by atoms with van der Waals surface area (Å²) in [4.78, 5) is 29.1. The number of methoxy groups -OCH3 is 2. The number of carbonyl (C=O) groups excluding carboxylic acids is 2. The first-order chi connectivity index (χ1) is 16.3. The molecule has 182 valence electrons. The Labute approximate surface area is 195 Å². The molecular formula is C23H26F2N4O5. The van der Waals surface area contributed by atoms with Crippen LogP contribution in [0.1, 0.15) is 34.3 Å². The van der Waals surface area contributed by atoms with Crippen LogP contribution in [0.25, 0.3) is 0 Å². The van der Waals surface area contributed by atoms with Gasteiger partial charge in [0.25, 0.3) is 0 Å². The number of esters is 1. The van der Waals surface area contributed by atoms with Crippen molar-refractivity contribution in [2.45, 2.75) is 25.9 Å². The molecule has 1 N–H and O–H groups in total. The lowest BCUT2D eigenvalue weighted by molar-refractivity contribution is -0.0268. The fourth-order valence-electron chi connectivity index (χ4n) is 3.56. The van der Waals surface area contributed by atoms with Crippen molar-refractivity contribution < 1.29 is 32.6 Å². The van der Waals surface area contributed by atoms with Gasteiger partial charge in [0.15, 0.2) is 0 Å². The Morgan fingerprint density at radius 1 is 1.21 bits per heavy atom. The number of hydrogen-bond acceptors (Lipinski definition) is 8. The fourth-order valence-corrected chi connectivity index (χ4v) is 3.56. The van der Waals surface area contributed by atoms with Crippen LogP contribution in [0.4, 0.5) is 19.3 Å². The number of nitrogens with zero attached hydrogens (tertiary/aromatic N) is 3.